The number of amides is 3. The summed E-state index contributed by atoms with van der Waals surface area (Å²) in [7, 11) is 0. The number of aryl methyl sites for hydroxylation is 1. The van der Waals surface area contributed by atoms with Gasteiger partial charge in [0.15, 0.2) is 0 Å². The minimum atomic E-state index is -0.931. The summed E-state index contributed by atoms with van der Waals surface area (Å²) in [6.07, 6.45) is 0. The van der Waals surface area contributed by atoms with Gasteiger partial charge in [-0.3, -0.25) is 14.4 Å². The molecule has 0 atom stereocenters. The van der Waals surface area contributed by atoms with Crippen molar-refractivity contribution < 1.29 is 18.8 Å². The number of benzene rings is 3. The van der Waals surface area contributed by atoms with Crippen LogP contribution in [0.1, 0.15) is 36.6 Å². The number of anilines is 2. The number of halogens is 1. The molecule has 0 saturated heterocycles. The Morgan fingerprint density at radius 2 is 1.52 bits per heavy atom. The molecular weight excluding hydrogens is 373 g/mol. The molecule has 0 fully saturated rings. The molecule has 0 aliphatic heterocycles. The third-order valence-electron chi connectivity index (χ3n) is 4.27. The van der Waals surface area contributed by atoms with Crippen LogP contribution in [0.5, 0.6) is 0 Å². The van der Waals surface area contributed by atoms with Gasteiger partial charge in [-0.15, -0.1) is 0 Å². The Kier molecular flexibility index (Phi) is 5.69. The van der Waals surface area contributed by atoms with E-state index in [2.05, 4.69) is 10.6 Å². The van der Waals surface area contributed by atoms with Gasteiger partial charge in [0.2, 0.25) is 0 Å². The van der Waals surface area contributed by atoms with E-state index < -0.39 is 17.6 Å². The number of primary amides is 1. The topological polar surface area (TPSA) is 101 Å². The Balaban J connectivity index is 1.80. The molecule has 0 aromatic heterocycles. The molecule has 0 aliphatic rings. The van der Waals surface area contributed by atoms with E-state index in [1.807, 2.05) is 6.07 Å². The van der Waals surface area contributed by atoms with Crippen molar-refractivity contribution in [1.82, 2.24) is 0 Å². The number of nitrogens with two attached hydrogens (primary N) is 1. The lowest BCUT2D eigenvalue weighted by Gasteiger charge is -2.12. The van der Waals surface area contributed by atoms with Crippen LogP contribution in [0.4, 0.5) is 15.8 Å². The van der Waals surface area contributed by atoms with Crippen LogP contribution < -0.4 is 16.4 Å². The molecule has 6 nitrogen and oxygen atoms in total. The number of hydrogen-bond acceptors (Lipinski definition) is 3. The molecule has 3 rings (SSSR count). The van der Waals surface area contributed by atoms with Gasteiger partial charge in [0.05, 0.1) is 5.56 Å². The van der Waals surface area contributed by atoms with Crippen LogP contribution in [0.15, 0.2) is 66.7 Å². The highest BCUT2D eigenvalue weighted by Crippen LogP contribution is 2.20. The van der Waals surface area contributed by atoms with E-state index in [0.717, 1.165) is 11.6 Å². The van der Waals surface area contributed by atoms with Gasteiger partial charge in [0, 0.05) is 22.5 Å². The quantitative estimate of drug-likeness (QED) is 0.617. The maximum absolute atomic E-state index is 13.6. The number of hydrogen-bond donors (Lipinski definition) is 3. The highest BCUT2D eigenvalue weighted by molar-refractivity contribution is 6.08. The van der Waals surface area contributed by atoms with Crippen molar-refractivity contribution in [2.75, 3.05) is 10.6 Å². The fourth-order valence-corrected chi connectivity index (χ4v) is 2.68. The van der Waals surface area contributed by atoms with Crippen molar-refractivity contribution in [2.45, 2.75) is 6.92 Å². The normalized spacial score (nSPS) is 10.3. The molecule has 146 valence electrons. The lowest BCUT2D eigenvalue weighted by atomic mass is 10.1. The van der Waals surface area contributed by atoms with Crippen LogP contribution in [0, 0.1) is 12.7 Å². The van der Waals surface area contributed by atoms with Crippen molar-refractivity contribution >= 4 is 29.1 Å². The van der Waals surface area contributed by atoms with Crippen LogP contribution in [0.25, 0.3) is 0 Å². The molecule has 0 heterocycles. The highest BCUT2D eigenvalue weighted by Gasteiger charge is 2.14. The third-order valence-corrected chi connectivity index (χ3v) is 4.27. The van der Waals surface area contributed by atoms with Crippen molar-refractivity contribution in [3.05, 3.63) is 94.8 Å². The predicted molar refractivity (Wildman–Crippen MR) is 108 cm³/mol. The molecule has 7 heteroatoms. The Hall–Kier alpha value is -4.00. The van der Waals surface area contributed by atoms with E-state index in [-0.39, 0.29) is 22.7 Å². The molecular formula is C22H18FN3O3. The molecule has 0 radical (unpaired) electrons. The first-order chi connectivity index (χ1) is 13.8. The van der Waals surface area contributed by atoms with Crippen LogP contribution in [-0.2, 0) is 0 Å². The molecule has 3 amide bonds. The second-order valence-electron chi connectivity index (χ2n) is 6.36. The lowest BCUT2D eigenvalue weighted by molar-refractivity contribution is 0.0992. The summed E-state index contributed by atoms with van der Waals surface area (Å²) in [5.41, 5.74) is 7.07. The first-order valence-corrected chi connectivity index (χ1v) is 8.73. The van der Waals surface area contributed by atoms with Crippen molar-refractivity contribution in [2.24, 2.45) is 5.73 Å². The van der Waals surface area contributed by atoms with E-state index in [4.69, 9.17) is 5.73 Å². The first-order valence-electron chi connectivity index (χ1n) is 8.73. The van der Waals surface area contributed by atoms with Gasteiger partial charge in [-0.1, -0.05) is 24.3 Å². The first kappa shape index (κ1) is 19.8. The smallest absolute Gasteiger partial charge is 0.255 e. The molecule has 0 aliphatic carbocycles. The molecule has 4 N–H and O–H groups in total. The second kappa shape index (κ2) is 8.35. The Bertz CT molecular complexity index is 1100. The summed E-state index contributed by atoms with van der Waals surface area (Å²) in [4.78, 5) is 36.2. The summed E-state index contributed by atoms with van der Waals surface area (Å²) in [5.74, 6) is -2.48. The van der Waals surface area contributed by atoms with E-state index in [9.17, 15) is 18.8 Å². The number of carbonyl (C=O) groups is 3. The molecule has 0 saturated carbocycles. The molecule has 0 spiro atoms. The zero-order valence-corrected chi connectivity index (χ0v) is 15.5. The van der Waals surface area contributed by atoms with Gasteiger partial charge in [0.1, 0.15) is 5.82 Å². The summed E-state index contributed by atoms with van der Waals surface area (Å²) in [5, 5.41) is 5.37. The standard InChI is InChI=1S/C22H18FN3O3/c1-13-7-8-15(11-19(13)26-21(28)14-5-3-2-4-6-14)22(29)25-16-9-10-18(23)17(12-16)20(24)27/h2-12H,1H3,(H2,24,27)(H,25,29)(H,26,28). The van der Waals surface area contributed by atoms with Gasteiger partial charge in [0.25, 0.3) is 17.7 Å². The Labute approximate surface area is 166 Å². The third kappa shape index (κ3) is 4.65. The van der Waals surface area contributed by atoms with Crippen LogP contribution in [-0.4, -0.2) is 17.7 Å². The fraction of sp³-hybridized carbons (Fsp3) is 0.0455. The van der Waals surface area contributed by atoms with E-state index in [0.29, 0.717) is 11.3 Å². The zero-order chi connectivity index (χ0) is 21.0. The molecule has 29 heavy (non-hydrogen) atoms. The van der Waals surface area contributed by atoms with Gasteiger partial charge in [-0.2, -0.15) is 0 Å². The number of carbonyl (C=O) groups excluding carboxylic acids is 3. The minimum absolute atomic E-state index is 0.223. The lowest BCUT2D eigenvalue weighted by Crippen LogP contribution is -2.17. The second-order valence-corrected chi connectivity index (χ2v) is 6.36. The van der Waals surface area contributed by atoms with E-state index >= 15 is 0 Å². The van der Waals surface area contributed by atoms with Gasteiger partial charge in [-0.05, 0) is 55.0 Å². The highest BCUT2D eigenvalue weighted by atomic mass is 19.1. The summed E-state index contributed by atoms with van der Waals surface area (Å²) in [6, 6.07) is 17.1. The Morgan fingerprint density at radius 3 is 2.21 bits per heavy atom. The predicted octanol–water partition coefficient (Wildman–Crippen LogP) is 3.74. The van der Waals surface area contributed by atoms with Crippen molar-refractivity contribution in [3.63, 3.8) is 0 Å². The van der Waals surface area contributed by atoms with Gasteiger partial charge >= 0.3 is 0 Å². The zero-order valence-electron chi connectivity index (χ0n) is 15.5. The maximum atomic E-state index is 13.6. The summed E-state index contributed by atoms with van der Waals surface area (Å²) < 4.78 is 13.6. The average molecular weight is 391 g/mol. The molecule has 0 unspecified atom stereocenters. The largest absolute Gasteiger partial charge is 0.366 e. The van der Waals surface area contributed by atoms with Crippen molar-refractivity contribution in [1.29, 1.82) is 0 Å². The SMILES string of the molecule is Cc1ccc(C(=O)Nc2ccc(F)c(C(N)=O)c2)cc1NC(=O)c1ccccc1. The van der Waals surface area contributed by atoms with Crippen LogP contribution in [0.3, 0.4) is 0 Å². The number of rotatable bonds is 5. The van der Waals surface area contributed by atoms with Gasteiger partial charge in [-0.25, -0.2) is 4.39 Å². The molecule has 3 aromatic rings. The molecule has 3 aromatic carbocycles. The molecule has 0 bridgehead atoms. The summed E-state index contributed by atoms with van der Waals surface area (Å²) >= 11 is 0. The Morgan fingerprint density at radius 1 is 0.828 bits per heavy atom. The monoisotopic (exact) mass is 391 g/mol. The van der Waals surface area contributed by atoms with E-state index in [1.165, 1.54) is 12.1 Å². The fourth-order valence-electron chi connectivity index (χ4n) is 2.68. The van der Waals surface area contributed by atoms with Gasteiger partial charge < -0.3 is 16.4 Å². The maximum Gasteiger partial charge on any atom is 0.255 e. The van der Waals surface area contributed by atoms with Crippen LogP contribution >= 0.6 is 0 Å². The van der Waals surface area contributed by atoms with Crippen LogP contribution in [0.2, 0.25) is 0 Å². The average Bonchev–Trinajstić information content (AvgIpc) is 2.71. The van der Waals surface area contributed by atoms with Crippen molar-refractivity contribution in [3.8, 4) is 0 Å². The van der Waals surface area contributed by atoms with E-state index in [1.54, 1.807) is 49.4 Å². The summed E-state index contributed by atoms with van der Waals surface area (Å²) in [6.45, 7) is 1.81. The number of nitrogens with one attached hydrogen (secondary N) is 2. The minimum Gasteiger partial charge on any atom is -0.366 e.